The number of benzene rings is 1. The van der Waals surface area contributed by atoms with Crippen LogP contribution in [0.15, 0.2) is 18.2 Å². The van der Waals surface area contributed by atoms with Crippen molar-refractivity contribution in [2.24, 2.45) is 0 Å². The smallest absolute Gasteiger partial charge is 0.170 e. The number of hydrogen-bond acceptors (Lipinski definition) is 4. The van der Waals surface area contributed by atoms with Crippen LogP contribution in [0.1, 0.15) is 26.5 Å². The summed E-state index contributed by atoms with van der Waals surface area (Å²) in [4.78, 5) is 0. The van der Waals surface area contributed by atoms with Crippen LogP contribution in [0.3, 0.4) is 0 Å². The van der Waals surface area contributed by atoms with E-state index >= 15 is 0 Å². The molecule has 2 rings (SSSR count). The number of ether oxygens (including phenoxy) is 1. The molecule has 0 unspecified atom stereocenters. The molecule has 1 aromatic heterocycles. The Bertz CT molecular complexity index is 601. The van der Waals surface area contributed by atoms with Crippen LogP contribution in [0.5, 0.6) is 5.75 Å². The first kappa shape index (κ1) is 13.7. The SMILES string of the molecule is COc1ccc(Cl)c(-n2nnc(N)c2C(C)(C)C)c1. The minimum Gasteiger partial charge on any atom is -0.497 e. The van der Waals surface area contributed by atoms with Gasteiger partial charge in [0.05, 0.1) is 23.5 Å². The van der Waals surface area contributed by atoms with E-state index in [2.05, 4.69) is 10.3 Å². The van der Waals surface area contributed by atoms with Gasteiger partial charge in [0.2, 0.25) is 0 Å². The van der Waals surface area contributed by atoms with E-state index in [1.165, 1.54) is 0 Å². The minimum atomic E-state index is -0.194. The second kappa shape index (κ2) is 4.74. The van der Waals surface area contributed by atoms with Crippen molar-refractivity contribution in [3.63, 3.8) is 0 Å². The van der Waals surface area contributed by atoms with Crippen LogP contribution in [0.4, 0.5) is 5.82 Å². The number of nitrogens with two attached hydrogens (primary N) is 1. The highest BCUT2D eigenvalue weighted by atomic mass is 35.5. The zero-order chi connectivity index (χ0) is 14.2. The molecule has 2 aromatic rings. The summed E-state index contributed by atoms with van der Waals surface area (Å²) in [5, 5.41) is 8.60. The molecule has 6 heteroatoms. The Balaban J connectivity index is 2.66. The molecule has 0 aliphatic carbocycles. The summed E-state index contributed by atoms with van der Waals surface area (Å²) in [6, 6.07) is 5.37. The number of rotatable bonds is 2. The highest BCUT2D eigenvalue weighted by molar-refractivity contribution is 6.32. The molecule has 2 N–H and O–H groups in total. The average Bonchev–Trinajstić information content (AvgIpc) is 2.71. The summed E-state index contributed by atoms with van der Waals surface area (Å²) in [5.74, 6) is 1.11. The van der Waals surface area contributed by atoms with Gasteiger partial charge in [0, 0.05) is 11.5 Å². The number of hydrogen-bond donors (Lipinski definition) is 1. The molecule has 0 aliphatic rings. The number of nitrogen functional groups attached to an aromatic ring is 1. The molecule has 0 aliphatic heterocycles. The molecule has 0 radical (unpaired) electrons. The van der Waals surface area contributed by atoms with Gasteiger partial charge in [0.25, 0.3) is 0 Å². The lowest BCUT2D eigenvalue weighted by Gasteiger charge is -2.20. The summed E-state index contributed by atoms with van der Waals surface area (Å²) in [5.41, 5.74) is 7.25. The van der Waals surface area contributed by atoms with Gasteiger partial charge in [0.1, 0.15) is 5.75 Å². The molecule has 1 aromatic carbocycles. The normalized spacial score (nSPS) is 11.6. The summed E-state index contributed by atoms with van der Waals surface area (Å²) in [6.45, 7) is 6.14. The number of nitrogens with zero attached hydrogens (tertiary/aromatic N) is 3. The molecule has 0 spiro atoms. The van der Waals surface area contributed by atoms with E-state index in [0.717, 1.165) is 5.69 Å². The fourth-order valence-corrected chi connectivity index (χ4v) is 2.14. The van der Waals surface area contributed by atoms with Gasteiger partial charge < -0.3 is 10.5 Å². The standard InChI is InChI=1S/C13H17ClN4O/c1-13(2,3)11-12(15)16-17-18(11)10-7-8(19-4)5-6-9(10)14/h5-7H,15H2,1-4H3. The van der Waals surface area contributed by atoms with Gasteiger partial charge in [-0.3, -0.25) is 0 Å². The Morgan fingerprint density at radius 2 is 2.00 bits per heavy atom. The second-order valence-electron chi connectivity index (χ2n) is 5.30. The maximum Gasteiger partial charge on any atom is 0.170 e. The highest BCUT2D eigenvalue weighted by Gasteiger charge is 2.25. The molecule has 0 fully saturated rings. The van der Waals surface area contributed by atoms with E-state index in [4.69, 9.17) is 22.1 Å². The monoisotopic (exact) mass is 280 g/mol. The first-order chi connectivity index (χ1) is 8.84. The highest BCUT2D eigenvalue weighted by Crippen LogP contribution is 2.32. The first-order valence-corrected chi connectivity index (χ1v) is 6.28. The van der Waals surface area contributed by atoms with Crippen molar-refractivity contribution in [3.05, 3.63) is 28.9 Å². The third-order valence-electron chi connectivity index (χ3n) is 2.79. The quantitative estimate of drug-likeness (QED) is 0.919. The first-order valence-electron chi connectivity index (χ1n) is 5.90. The van der Waals surface area contributed by atoms with Crippen LogP contribution in [0.25, 0.3) is 5.69 Å². The predicted molar refractivity (Wildman–Crippen MR) is 76.0 cm³/mol. The zero-order valence-corrected chi connectivity index (χ0v) is 12.2. The molecule has 1 heterocycles. The fourth-order valence-electron chi connectivity index (χ4n) is 1.95. The van der Waals surface area contributed by atoms with Gasteiger partial charge in [-0.15, -0.1) is 5.10 Å². The molecule has 5 nitrogen and oxygen atoms in total. The van der Waals surface area contributed by atoms with Crippen molar-refractivity contribution in [1.82, 2.24) is 15.0 Å². The van der Waals surface area contributed by atoms with E-state index in [1.54, 1.807) is 23.9 Å². The third-order valence-corrected chi connectivity index (χ3v) is 3.11. The molecule has 102 valence electrons. The maximum absolute atomic E-state index is 6.23. The summed E-state index contributed by atoms with van der Waals surface area (Å²) in [7, 11) is 1.60. The van der Waals surface area contributed by atoms with Crippen molar-refractivity contribution >= 4 is 17.4 Å². The molecule has 0 amide bonds. The summed E-state index contributed by atoms with van der Waals surface area (Å²) >= 11 is 6.23. The Hall–Kier alpha value is -1.75. The van der Waals surface area contributed by atoms with Gasteiger partial charge >= 0.3 is 0 Å². The largest absolute Gasteiger partial charge is 0.497 e. The van der Waals surface area contributed by atoms with Crippen molar-refractivity contribution in [3.8, 4) is 11.4 Å². The average molecular weight is 281 g/mol. The summed E-state index contributed by atoms with van der Waals surface area (Å²) < 4.78 is 6.88. The Morgan fingerprint density at radius 1 is 1.32 bits per heavy atom. The zero-order valence-electron chi connectivity index (χ0n) is 11.4. The predicted octanol–water partition coefficient (Wildman–Crippen LogP) is 2.81. The fraction of sp³-hybridized carbons (Fsp3) is 0.385. The van der Waals surface area contributed by atoms with Crippen molar-refractivity contribution in [2.45, 2.75) is 26.2 Å². The van der Waals surface area contributed by atoms with E-state index in [1.807, 2.05) is 26.8 Å². The lowest BCUT2D eigenvalue weighted by atomic mass is 9.91. The van der Waals surface area contributed by atoms with Crippen LogP contribution < -0.4 is 10.5 Å². The van der Waals surface area contributed by atoms with Crippen molar-refractivity contribution in [2.75, 3.05) is 12.8 Å². The van der Waals surface area contributed by atoms with E-state index < -0.39 is 0 Å². The van der Waals surface area contributed by atoms with Crippen LogP contribution in [-0.2, 0) is 5.41 Å². The molecule has 0 saturated carbocycles. The molecule has 19 heavy (non-hydrogen) atoms. The lowest BCUT2D eigenvalue weighted by Crippen LogP contribution is -2.19. The minimum absolute atomic E-state index is 0.194. The number of anilines is 1. The van der Waals surface area contributed by atoms with Gasteiger partial charge in [-0.2, -0.15) is 0 Å². The topological polar surface area (TPSA) is 66.0 Å². The third kappa shape index (κ3) is 2.51. The van der Waals surface area contributed by atoms with Gasteiger partial charge in [-0.05, 0) is 12.1 Å². The second-order valence-corrected chi connectivity index (χ2v) is 5.71. The number of aromatic nitrogens is 3. The Morgan fingerprint density at radius 3 is 2.58 bits per heavy atom. The number of halogens is 1. The molecule has 0 saturated heterocycles. The molecule has 0 bridgehead atoms. The van der Waals surface area contributed by atoms with Gasteiger partial charge in [0.15, 0.2) is 5.82 Å². The number of methoxy groups -OCH3 is 1. The molecular formula is C13H17ClN4O. The van der Waals surface area contributed by atoms with Crippen LogP contribution in [-0.4, -0.2) is 22.1 Å². The van der Waals surface area contributed by atoms with Gasteiger partial charge in [-0.25, -0.2) is 4.68 Å². The Kier molecular flexibility index (Phi) is 3.41. The summed E-state index contributed by atoms with van der Waals surface area (Å²) in [6.07, 6.45) is 0. The van der Waals surface area contributed by atoms with Crippen LogP contribution in [0, 0.1) is 0 Å². The maximum atomic E-state index is 6.23. The van der Waals surface area contributed by atoms with E-state index in [0.29, 0.717) is 22.3 Å². The van der Waals surface area contributed by atoms with E-state index in [9.17, 15) is 0 Å². The molecule has 0 atom stereocenters. The lowest BCUT2D eigenvalue weighted by molar-refractivity contribution is 0.414. The van der Waals surface area contributed by atoms with E-state index in [-0.39, 0.29) is 5.41 Å². The van der Waals surface area contributed by atoms with Crippen LogP contribution >= 0.6 is 11.6 Å². The van der Waals surface area contributed by atoms with Crippen molar-refractivity contribution < 1.29 is 4.74 Å². The molecular weight excluding hydrogens is 264 g/mol. The Labute approximate surface area is 117 Å². The van der Waals surface area contributed by atoms with Crippen LogP contribution in [0.2, 0.25) is 5.02 Å². The van der Waals surface area contributed by atoms with Gasteiger partial charge in [-0.1, -0.05) is 37.6 Å². The van der Waals surface area contributed by atoms with Crippen molar-refractivity contribution in [1.29, 1.82) is 0 Å².